The third kappa shape index (κ3) is 5.15. The van der Waals surface area contributed by atoms with E-state index in [1.165, 1.54) is 11.6 Å². The summed E-state index contributed by atoms with van der Waals surface area (Å²) in [7, 11) is 0. The number of benzene rings is 2. The topological polar surface area (TPSA) is 28.3 Å². The fourth-order valence-electron chi connectivity index (χ4n) is 4.09. The summed E-state index contributed by atoms with van der Waals surface area (Å²) in [6, 6.07) is 12.6. The minimum Gasteiger partial charge on any atom is -0.487 e. The Morgan fingerprint density at radius 1 is 1.13 bits per heavy atom. The lowest BCUT2D eigenvalue weighted by atomic mass is 9.89. The lowest BCUT2D eigenvalue weighted by Crippen LogP contribution is -2.34. The number of ether oxygens (including phenoxy) is 1. The predicted molar refractivity (Wildman–Crippen MR) is 113 cm³/mol. The monoisotopic (exact) mass is 454 g/mol. The number of aromatic nitrogens is 1. The van der Waals surface area contributed by atoms with E-state index >= 15 is 0 Å². The molecule has 1 fully saturated rings. The van der Waals surface area contributed by atoms with Gasteiger partial charge in [0.1, 0.15) is 5.75 Å². The van der Waals surface area contributed by atoms with Crippen LogP contribution in [0.2, 0.25) is 5.02 Å². The first-order valence-corrected chi connectivity index (χ1v) is 10.6. The van der Waals surface area contributed by atoms with E-state index in [-0.39, 0.29) is 5.75 Å². The molecule has 3 nitrogen and oxygen atoms in total. The maximum Gasteiger partial charge on any atom is 0.340 e. The number of rotatable bonds is 7. The van der Waals surface area contributed by atoms with Crippen molar-refractivity contribution >= 4 is 22.5 Å². The number of halogens is 5. The molecule has 2 aromatic carbocycles. The number of piperidine rings is 1. The van der Waals surface area contributed by atoms with E-state index in [2.05, 4.69) is 16.1 Å². The Labute approximate surface area is 182 Å². The fourth-order valence-corrected chi connectivity index (χ4v) is 4.26. The number of hydrogen-bond acceptors (Lipinski definition) is 2. The van der Waals surface area contributed by atoms with E-state index < -0.39 is 19.0 Å². The third-order valence-electron chi connectivity index (χ3n) is 5.76. The van der Waals surface area contributed by atoms with E-state index in [9.17, 15) is 17.6 Å². The molecule has 0 atom stereocenters. The molecule has 31 heavy (non-hydrogen) atoms. The second-order valence-corrected chi connectivity index (χ2v) is 8.42. The van der Waals surface area contributed by atoms with Crippen LogP contribution in [0, 0.1) is 0 Å². The van der Waals surface area contributed by atoms with Gasteiger partial charge in [0.2, 0.25) is 0 Å². The van der Waals surface area contributed by atoms with Crippen LogP contribution in [0.4, 0.5) is 17.6 Å². The lowest BCUT2D eigenvalue weighted by molar-refractivity contribution is -0.148. The second kappa shape index (κ2) is 9.09. The molecule has 4 rings (SSSR count). The van der Waals surface area contributed by atoms with Crippen molar-refractivity contribution in [1.29, 1.82) is 0 Å². The quantitative estimate of drug-likeness (QED) is 0.414. The molecule has 1 saturated heterocycles. The third-order valence-corrected chi connectivity index (χ3v) is 5.99. The van der Waals surface area contributed by atoms with Crippen LogP contribution in [-0.4, -0.2) is 41.9 Å². The maximum absolute atomic E-state index is 13.1. The Kier molecular flexibility index (Phi) is 6.44. The predicted octanol–water partition coefficient (Wildman–Crippen LogP) is 6.48. The molecule has 1 aliphatic heterocycles. The van der Waals surface area contributed by atoms with Crippen LogP contribution in [0.3, 0.4) is 0 Å². The average molecular weight is 455 g/mol. The minimum atomic E-state index is -4.16. The Bertz CT molecular complexity index is 1030. The molecule has 1 N–H and O–H groups in total. The smallest absolute Gasteiger partial charge is 0.340 e. The number of fused-ring (bicyclic) bond motifs is 1. The van der Waals surface area contributed by atoms with Gasteiger partial charge >= 0.3 is 12.3 Å². The number of aromatic amines is 1. The number of alkyl halides is 4. The first kappa shape index (κ1) is 22.0. The van der Waals surface area contributed by atoms with Crippen LogP contribution < -0.4 is 4.74 Å². The van der Waals surface area contributed by atoms with Crippen LogP contribution in [0.25, 0.3) is 10.9 Å². The van der Waals surface area contributed by atoms with Crippen molar-refractivity contribution < 1.29 is 22.3 Å². The van der Waals surface area contributed by atoms with Gasteiger partial charge in [0.05, 0.1) is 0 Å². The second-order valence-electron chi connectivity index (χ2n) is 7.98. The molecular formula is C23H23ClF4N2O. The van der Waals surface area contributed by atoms with Crippen LogP contribution in [0.1, 0.15) is 29.9 Å². The van der Waals surface area contributed by atoms with Gasteiger partial charge in [-0.25, -0.2) is 8.78 Å². The molecule has 166 valence electrons. The molecule has 0 radical (unpaired) electrons. The van der Waals surface area contributed by atoms with Gasteiger partial charge in [-0.3, -0.25) is 4.90 Å². The van der Waals surface area contributed by atoms with E-state index in [1.807, 2.05) is 24.3 Å². The molecule has 0 aliphatic carbocycles. The van der Waals surface area contributed by atoms with E-state index in [0.717, 1.165) is 47.4 Å². The number of hydrogen-bond donors (Lipinski definition) is 1. The lowest BCUT2D eigenvalue weighted by Gasteiger charge is -2.32. The number of nitrogens with one attached hydrogen (secondary N) is 1. The van der Waals surface area contributed by atoms with Crippen molar-refractivity contribution in [1.82, 2.24) is 9.88 Å². The first-order valence-electron chi connectivity index (χ1n) is 10.2. The van der Waals surface area contributed by atoms with Gasteiger partial charge < -0.3 is 9.72 Å². The summed E-state index contributed by atoms with van der Waals surface area (Å²) in [5.74, 6) is -3.55. The van der Waals surface area contributed by atoms with Crippen LogP contribution in [0.15, 0.2) is 48.7 Å². The Hall–Kier alpha value is -2.25. The summed E-state index contributed by atoms with van der Waals surface area (Å²) in [5.41, 5.74) is 3.26. The van der Waals surface area contributed by atoms with Gasteiger partial charge in [-0.15, -0.1) is 0 Å². The van der Waals surface area contributed by atoms with Crippen molar-refractivity contribution in [3.05, 3.63) is 64.8 Å². The summed E-state index contributed by atoms with van der Waals surface area (Å²) in [6.45, 7) is 1.10. The molecule has 1 aromatic heterocycles. The molecule has 0 saturated carbocycles. The van der Waals surface area contributed by atoms with Crippen molar-refractivity contribution in [2.45, 2.75) is 37.7 Å². The molecule has 0 bridgehead atoms. The van der Waals surface area contributed by atoms with Crippen LogP contribution in [0.5, 0.6) is 5.75 Å². The van der Waals surface area contributed by atoms with Crippen molar-refractivity contribution in [2.75, 3.05) is 19.7 Å². The molecule has 8 heteroatoms. The molecule has 0 spiro atoms. The largest absolute Gasteiger partial charge is 0.487 e. The number of H-pyrrole nitrogens is 1. The molecular weight excluding hydrogens is 432 g/mol. The summed E-state index contributed by atoms with van der Waals surface area (Å²) < 4.78 is 55.7. The minimum absolute atomic E-state index is 0.170. The average Bonchev–Trinajstić information content (AvgIpc) is 3.16. The standard InChI is InChI=1S/C23H23ClF4N2O/c24-17-4-5-21-19(11-17)20(12-29-21)16-6-8-30(9-7-16)13-15-2-1-3-18(10-15)31-14-23(27,28)22(25)26/h1-5,10-12,16,22,29H,6-9,13-14H2. The van der Waals surface area contributed by atoms with E-state index in [0.29, 0.717) is 12.5 Å². The van der Waals surface area contributed by atoms with Gasteiger partial charge in [-0.05, 0) is 73.3 Å². The SMILES string of the molecule is FC(F)C(F)(F)COc1cccc(CN2CCC(c3c[nH]c4ccc(Cl)cc34)CC2)c1. The Balaban J connectivity index is 1.34. The fraction of sp³-hybridized carbons (Fsp3) is 0.391. The Morgan fingerprint density at radius 3 is 2.65 bits per heavy atom. The highest BCUT2D eigenvalue weighted by molar-refractivity contribution is 6.31. The zero-order valence-electron chi connectivity index (χ0n) is 16.8. The summed E-state index contributed by atoms with van der Waals surface area (Å²) in [5, 5.41) is 1.88. The van der Waals surface area contributed by atoms with Crippen molar-refractivity contribution in [3.63, 3.8) is 0 Å². The van der Waals surface area contributed by atoms with Gasteiger partial charge in [-0.2, -0.15) is 8.78 Å². The van der Waals surface area contributed by atoms with Crippen LogP contribution >= 0.6 is 11.6 Å². The highest BCUT2D eigenvalue weighted by Gasteiger charge is 2.41. The molecule has 3 aromatic rings. The molecule has 0 unspecified atom stereocenters. The zero-order chi connectivity index (χ0) is 22.0. The van der Waals surface area contributed by atoms with E-state index in [4.69, 9.17) is 16.3 Å². The molecule has 0 amide bonds. The van der Waals surface area contributed by atoms with Crippen LogP contribution in [-0.2, 0) is 6.54 Å². The highest BCUT2D eigenvalue weighted by Crippen LogP contribution is 2.34. The normalized spacial score (nSPS) is 16.3. The number of likely N-dealkylation sites (tertiary alicyclic amines) is 1. The van der Waals surface area contributed by atoms with Gasteiger partial charge in [0, 0.05) is 28.7 Å². The number of nitrogens with zero attached hydrogens (tertiary/aromatic N) is 1. The summed E-state index contributed by atoms with van der Waals surface area (Å²) in [4.78, 5) is 5.61. The summed E-state index contributed by atoms with van der Waals surface area (Å²) in [6.07, 6.45) is 0.314. The Morgan fingerprint density at radius 2 is 1.90 bits per heavy atom. The summed E-state index contributed by atoms with van der Waals surface area (Å²) >= 11 is 6.16. The zero-order valence-corrected chi connectivity index (χ0v) is 17.5. The van der Waals surface area contributed by atoms with Gasteiger partial charge in [-0.1, -0.05) is 23.7 Å². The van der Waals surface area contributed by atoms with Crippen molar-refractivity contribution in [2.24, 2.45) is 0 Å². The molecule has 2 heterocycles. The van der Waals surface area contributed by atoms with E-state index in [1.54, 1.807) is 12.1 Å². The molecule has 1 aliphatic rings. The van der Waals surface area contributed by atoms with Crippen molar-refractivity contribution in [3.8, 4) is 5.75 Å². The van der Waals surface area contributed by atoms with Gasteiger partial charge in [0.25, 0.3) is 0 Å². The van der Waals surface area contributed by atoms with Gasteiger partial charge in [0.15, 0.2) is 6.61 Å². The first-order chi connectivity index (χ1) is 14.8. The highest BCUT2D eigenvalue weighted by atomic mass is 35.5. The maximum atomic E-state index is 13.1.